The number of nitrogens with zero attached hydrogens (tertiary/aromatic N) is 1. The van der Waals surface area contributed by atoms with Gasteiger partial charge in [0.25, 0.3) is 0 Å². The highest BCUT2D eigenvalue weighted by Gasteiger charge is 2.51. The molecule has 23 heavy (non-hydrogen) atoms. The monoisotopic (exact) mass is 348 g/mol. The molecule has 1 atom stereocenters. The molecule has 0 radical (unpaired) electrons. The second-order valence-electron chi connectivity index (χ2n) is 6.47. The van der Waals surface area contributed by atoms with Crippen molar-refractivity contribution < 1.29 is 18.0 Å². The van der Waals surface area contributed by atoms with Crippen molar-refractivity contribution in [3.05, 3.63) is 34.9 Å². The molecule has 1 amide bonds. The van der Waals surface area contributed by atoms with E-state index in [-0.39, 0.29) is 18.7 Å². The van der Waals surface area contributed by atoms with Crippen LogP contribution in [0.5, 0.6) is 0 Å². The van der Waals surface area contributed by atoms with E-state index in [1.165, 1.54) is 0 Å². The fourth-order valence-electron chi connectivity index (χ4n) is 2.89. The van der Waals surface area contributed by atoms with Gasteiger partial charge in [-0.1, -0.05) is 23.7 Å². The van der Waals surface area contributed by atoms with E-state index in [1.54, 1.807) is 26.0 Å². The predicted molar refractivity (Wildman–Crippen MR) is 82.9 cm³/mol. The van der Waals surface area contributed by atoms with Gasteiger partial charge < -0.3 is 0 Å². The van der Waals surface area contributed by atoms with Gasteiger partial charge in [0.15, 0.2) is 0 Å². The topological polar surface area (TPSA) is 32.3 Å². The zero-order valence-electron chi connectivity index (χ0n) is 13.1. The molecule has 0 spiro atoms. The molecule has 0 aromatic heterocycles. The zero-order chi connectivity index (χ0) is 17.3. The number of amides is 1. The smallest absolute Gasteiger partial charge is 0.288 e. The summed E-state index contributed by atoms with van der Waals surface area (Å²) in [7, 11) is 0. The number of hydrazine groups is 1. The van der Waals surface area contributed by atoms with Gasteiger partial charge in [-0.2, -0.15) is 13.2 Å². The summed E-state index contributed by atoms with van der Waals surface area (Å²) in [4.78, 5) is 11.5. The molecular weight excluding hydrogens is 329 g/mol. The van der Waals surface area contributed by atoms with Gasteiger partial charge in [0.1, 0.15) is 6.04 Å². The van der Waals surface area contributed by atoms with E-state index in [1.807, 2.05) is 12.1 Å². The molecule has 1 aliphatic rings. The second-order valence-corrected chi connectivity index (χ2v) is 6.91. The lowest BCUT2D eigenvalue weighted by Gasteiger charge is -2.37. The van der Waals surface area contributed by atoms with Crippen LogP contribution in [0, 0.1) is 0 Å². The summed E-state index contributed by atoms with van der Waals surface area (Å²) in [6, 6.07) is 5.39. The summed E-state index contributed by atoms with van der Waals surface area (Å²) in [5, 5.41) is 1.67. The molecule has 0 bridgehead atoms. The third-order valence-electron chi connectivity index (χ3n) is 4.04. The van der Waals surface area contributed by atoms with E-state index in [0.717, 1.165) is 10.6 Å². The molecule has 1 aliphatic heterocycles. The van der Waals surface area contributed by atoms with Crippen LogP contribution in [0.2, 0.25) is 5.02 Å². The number of carbonyl (C=O) groups excluding carboxylic acids is 1. The summed E-state index contributed by atoms with van der Waals surface area (Å²) in [6.07, 6.45) is -3.50. The van der Waals surface area contributed by atoms with E-state index in [4.69, 9.17) is 11.6 Å². The predicted octanol–water partition coefficient (Wildman–Crippen LogP) is 4.11. The molecule has 128 valence electrons. The third-order valence-corrected chi connectivity index (χ3v) is 4.29. The van der Waals surface area contributed by atoms with E-state index in [0.29, 0.717) is 17.9 Å². The van der Waals surface area contributed by atoms with Crippen molar-refractivity contribution >= 4 is 17.5 Å². The first-order valence-electron chi connectivity index (χ1n) is 7.49. The molecule has 1 saturated heterocycles. The van der Waals surface area contributed by atoms with Crippen molar-refractivity contribution in [1.29, 1.82) is 0 Å². The highest BCUT2D eigenvalue weighted by atomic mass is 35.5. The molecule has 3 nitrogen and oxygen atoms in total. The van der Waals surface area contributed by atoms with Crippen molar-refractivity contribution in [2.45, 2.75) is 57.3 Å². The molecule has 1 heterocycles. The van der Waals surface area contributed by atoms with Gasteiger partial charge in [-0.25, -0.2) is 5.01 Å². The molecule has 0 unspecified atom stereocenters. The van der Waals surface area contributed by atoms with Crippen molar-refractivity contribution in [2.75, 3.05) is 0 Å². The zero-order valence-corrected chi connectivity index (χ0v) is 13.8. The molecule has 2 rings (SSSR count). The van der Waals surface area contributed by atoms with Gasteiger partial charge in [-0.15, -0.1) is 0 Å². The van der Waals surface area contributed by atoms with Crippen molar-refractivity contribution in [3.63, 3.8) is 0 Å². The van der Waals surface area contributed by atoms with E-state index < -0.39 is 17.8 Å². The number of nitrogens with one attached hydrogen (secondary N) is 1. The first kappa shape index (κ1) is 18.1. The van der Waals surface area contributed by atoms with Crippen LogP contribution < -0.4 is 5.43 Å². The summed E-state index contributed by atoms with van der Waals surface area (Å²) in [5.41, 5.74) is 2.46. The number of halogens is 4. The number of aryl methyl sites for hydroxylation is 1. The minimum Gasteiger partial charge on any atom is -0.288 e. The molecule has 0 aliphatic carbocycles. The average molecular weight is 349 g/mol. The highest BCUT2D eigenvalue weighted by molar-refractivity contribution is 6.30. The van der Waals surface area contributed by atoms with Crippen LogP contribution >= 0.6 is 11.6 Å². The lowest BCUT2D eigenvalue weighted by Crippen LogP contribution is -2.56. The molecule has 0 saturated carbocycles. The summed E-state index contributed by atoms with van der Waals surface area (Å²) in [5.74, 6) is -0.373. The number of carbonyl (C=O) groups is 1. The molecule has 7 heteroatoms. The van der Waals surface area contributed by atoms with Gasteiger partial charge in [0.2, 0.25) is 5.91 Å². The van der Waals surface area contributed by atoms with Crippen LogP contribution in [0.15, 0.2) is 24.3 Å². The van der Waals surface area contributed by atoms with E-state index >= 15 is 0 Å². The van der Waals surface area contributed by atoms with Gasteiger partial charge in [0, 0.05) is 17.0 Å². The van der Waals surface area contributed by atoms with Crippen LogP contribution in [-0.2, 0) is 11.2 Å². The Balaban J connectivity index is 2.02. The summed E-state index contributed by atoms with van der Waals surface area (Å²) in [6.45, 7) is 3.28. The second kappa shape index (κ2) is 6.69. The quantitative estimate of drug-likeness (QED) is 0.868. The first-order valence-corrected chi connectivity index (χ1v) is 7.87. The summed E-state index contributed by atoms with van der Waals surface area (Å²) < 4.78 is 40.2. The number of hydrogen-bond donors (Lipinski definition) is 1. The Bertz CT molecular complexity index is 557. The number of hydrogen-bond acceptors (Lipinski definition) is 2. The standard InChI is InChI=1S/C16H20ClF3N2O/c1-15(2)10-14(23)21-22(15)13(16(18,19)20)5-3-4-11-6-8-12(17)9-7-11/h6-9,13H,3-5,10H2,1-2H3,(H,21,23)/t13-/m0/s1. The Labute approximate surface area is 138 Å². The van der Waals surface area contributed by atoms with E-state index in [2.05, 4.69) is 5.43 Å². The van der Waals surface area contributed by atoms with Crippen LogP contribution in [-0.4, -0.2) is 28.7 Å². The lowest BCUT2D eigenvalue weighted by molar-refractivity contribution is -0.202. The lowest BCUT2D eigenvalue weighted by atomic mass is 9.97. The Morgan fingerprint density at radius 3 is 2.39 bits per heavy atom. The maximum Gasteiger partial charge on any atom is 0.405 e. The number of rotatable bonds is 5. The van der Waals surface area contributed by atoms with Gasteiger partial charge in [-0.05, 0) is 50.8 Å². The average Bonchev–Trinajstić information content (AvgIpc) is 2.68. The minimum atomic E-state index is -4.39. The third kappa shape index (κ3) is 4.61. The van der Waals surface area contributed by atoms with Crippen molar-refractivity contribution in [3.8, 4) is 0 Å². The van der Waals surface area contributed by atoms with Crippen LogP contribution in [0.4, 0.5) is 13.2 Å². The summed E-state index contributed by atoms with van der Waals surface area (Å²) >= 11 is 5.79. The maximum absolute atomic E-state index is 13.4. The van der Waals surface area contributed by atoms with Crippen LogP contribution in [0.1, 0.15) is 38.7 Å². The molecular formula is C16H20ClF3N2O. The fraction of sp³-hybridized carbons (Fsp3) is 0.562. The number of alkyl halides is 3. The van der Waals surface area contributed by atoms with Gasteiger partial charge in [0.05, 0.1) is 0 Å². The molecule has 1 N–H and O–H groups in total. The Kier molecular flexibility index (Phi) is 5.26. The molecule has 1 aromatic carbocycles. The normalized spacial score (nSPS) is 19.7. The van der Waals surface area contributed by atoms with Gasteiger partial charge >= 0.3 is 6.18 Å². The van der Waals surface area contributed by atoms with Crippen molar-refractivity contribution in [1.82, 2.24) is 10.4 Å². The maximum atomic E-state index is 13.4. The number of benzene rings is 1. The van der Waals surface area contributed by atoms with Crippen molar-refractivity contribution in [2.24, 2.45) is 0 Å². The SMILES string of the molecule is CC1(C)CC(=O)NN1[C@@H](CCCc1ccc(Cl)cc1)C(F)(F)F. The molecule has 1 fully saturated rings. The molecule has 1 aromatic rings. The fourth-order valence-corrected chi connectivity index (χ4v) is 3.02. The highest BCUT2D eigenvalue weighted by Crippen LogP contribution is 2.35. The Morgan fingerprint density at radius 1 is 1.30 bits per heavy atom. The first-order chi connectivity index (χ1) is 10.6. The van der Waals surface area contributed by atoms with Crippen LogP contribution in [0.25, 0.3) is 0 Å². The van der Waals surface area contributed by atoms with Crippen LogP contribution in [0.3, 0.4) is 0 Å². The largest absolute Gasteiger partial charge is 0.405 e. The Morgan fingerprint density at radius 2 is 1.91 bits per heavy atom. The van der Waals surface area contributed by atoms with Gasteiger partial charge in [-0.3, -0.25) is 10.2 Å². The minimum absolute atomic E-state index is 0.0662. The van der Waals surface area contributed by atoms with E-state index in [9.17, 15) is 18.0 Å². The Hall–Kier alpha value is -1.27.